The van der Waals surface area contributed by atoms with Crippen molar-refractivity contribution >= 4 is 5.97 Å². The molecule has 0 saturated heterocycles. The molecule has 2 N–H and O–H groups in total. The van der Waals surface area contributed by atoms with Crippen LogP contribution in [0.2, 0.25) is 0 Å². The Hall–Kier alpha value is -4.65. The molecule has 0 amide bonds. The summed E-state index contributed by atoms with van der Waals surface area (Å²) in [6.07, 6.45) is -1.14. The Morgan fingerprint density at radius 2 is 1.70 bits per heavy atom. The molecule has 1 heterocycles. The molecule has 0 spiro atoms. The molecular formula is C30H26O7. The van der Waals surface area contributed by atoms with Crippen molar-refractivity contribution in [3.05, 3.63) is 102 Å². The highest BCUT2D eigenvalue weighted by molar-refractivity contribution is 5.92. The zero-order valence-electron chi connectivity index (χ0n) is 20.4. The zero-order valence-corrected chi connectivity index (χ0v) is 20.4. The predicted octanol–water partition coefficient (Wildman–Crippen LogP) is 5.68. The molecule has 1 aliphatic heterocycles. The number of fused-ring (bicyclic) bond motifs is 1. The largest absolute Gasteiger partial charge is 0.508 e. The van der Waals surface area contributed by atoms with Gasteiger partial charge in [0, 0.05) is 29.7 Å². The molecule has 0 fully saturated rings. The maximum atomic E-state index is 13.4. The summed E-state index contributed by atoms with van der Waals surface area (Å²) in [5, 5.41) is 20.4. The van der Waals surface area contributed by atoms with Crippen molar-refractivity contribution in [2.45, 2.75) is 18.6 Å². The second-order valence-electron chi connectivity index (χ2n) is 8.69. The van der Waals surface area contributed by atoms with Crippen molar-refractivity contribution in [3.63, 3.8) is 0 Å². The third kappa shape index (κ3) is 4.89. The molecule has 2 atom stereocenters. The van der Waals surface area contributed by atoms with Crippen molar-refractivity contribution in [2.24, 2.45) is 0 Å². The van der Waals surface area contributed by atoms with Gasteiger partial charge >= 0.3 is 5.97 Å². The minimum Gasteiger partial charge on any atom is -0.508 e. The van der Waals surface area contributed by atoms with Gasteiger partial charge in [-0.2, -0.15) is 0 Å². The standard InChI is InChI=1S/C30H26O7/c1-34-22-10-6-9-19(13-22)23-14-20(11-12-26(23)35-2)30(33)37-28-17-24-25(32)15-21(31)16-27(24)36-29(28)18-7-4-3-5-8-18/h3-16,28-29,31-32H,17H2,1-2H3/t28-,29-/m1/s1. The van der Waals surface area contributed by atoms with E-state index >= 15 is 0 Å². The van der Waals surface area contributed by atoms with Gasteiger partial charge in [0.1, 0.15) is 34.9 Å². The molecule has 0 aliphatic carbocycles. The van der Waals surface area contributed by atoms with Crippen LogP contribution in [0.4, 0.5) is 0 Å². The van der Waals surface area contributed by atoms with Gasteiger partial charge in [-0.15, -0.1) is 0 Å². The van der Waals surface area contributed by atoms with Gasteiger partial charge in [0.05, 0.1) is 19.8 Å². The quantitative estimate of drug-likeness (QED) is 0.330. The zero-order chi connectivity index (χ0) is 25.9. The van der Waals surface area contributed by atoms with Crippen LogP contribution < -0.4 is 14.2 Å². The van der Waals surface area contributed by atoms with E-state index in [-0.39, 0.29) is 17.9 Å². The normalized spacial score (nSPS) is 16.3. The first kappa shape index (κ1) is 24.1. The van der Waals surface area contributed by atoms with E-state index in [2.05, 4.69) is 0 Å². The number of rotatable bonds is 6. The summed E-state index contributed by atoms with van der Waals surface area (Å²) in [7, 11) is 3.17. The van der Waals surface area contributed by atoms with Crippen molar-refractivity contribution in [1.29, 1.82) is 0 Å². The van der Waals surface area contributed by atoms with Crippen LogP contribution in [-0.2, 0) is 11.2 Å². The fraction of sp³-hybridized carbons (Fsp3) is 0.167. The molecule has 0 bridgehead atoms. The van der Waals surface area contributed by atoms with E-state index in [9.17, 15) is 15.0 Å². The number of methoxy groups -OCH3 is 2. The number of phenolic OH excluding ortho intramolecular Hbond substituents is 2. The molecule has 7 heteroatoms. The Kier molecular flexibility index (Phi) is 6.60. The van der Waals surface area contributed by atoms with Crippen LogP contribution in [0.25, 0.3) is 11.1 Å². The number of hydrogen-bond donors (Lipinski definition) is 2. The molecule has 0 aromatic heterocycles. The maximum absolute atomic E-state index is 13.4. The molecule has 188 valence electrons. The molecule has 4 aromatic rings. The summed E-state index contributed by atoms with van der Waals surface area (Å²) in [4.78, 5) is 13.4. The van der Waals surface area contributed by atoms with Gasteiger partial charge in [-0.1, -0.05) is 42.5 Å². The highest BCUT2D eigenvalue weighted by atomic mass is 16.6. The lowest BCUT2D eigenvalue weighted by molar-refractivity contribution is -0.0188. The number of carbonyl (C=O) groups is 1. The van der Waals surface area contributed by atoms with Crippen molar-refractivity contribution in [2.75, 3.05) is 14.2 Å². The first-order chi connectivity index (χ1) is 18.0. The monoisotopic (exact) mass is 498 g/mol. The number of hydrogen-bond acceptors (Lipinski definition) is 7. The summed E-state index contributed by atoms with van der Waals surface area (Å²) in [5.41, 5.74) is 3.16. The van der Waals surface area contributed by atoms with Gasteiger partial charge in [0.25, 0.3) is 0 Å². The Bertz CT molecular complexity index is 1430. The first-order valence-electron chi connectivity index (χ1n) is 11.8. The number of benzene rings is 4. The molecule has 4 aromatic carbocycles. The maximum Gasteiger partial charge on any atom is 0.338 e. The Labute approximate surface area is 214 Å². The third-order valence-electron chi connectivity index (χ3n) is 6.37. The van der Waals surface area contributed by atoms with Crippen LogP contribution in [0.15, 0.2) is 84.9 Å². The van der Waals surface area contributed by atoms with E-state index in [4.69, 9.17) is 18.9 Å². The van der Waals surface area contributed by atoms with Crippen LogP contribution >= 0.6 is 0 Å². The van der Waals surface area contributed by atoms with Crippen LogP contribution in [-0.4, -0.2) is 36.5 Å². The minimum atomic E-state index is -0.722. The Balaban J connectivity index is 1.48. The van der Waals surface area contributed by atoms with Gasteiger partial charge in [-0.3, -0.25) is 0 Å². The SMILES string of the molecule is COc1cccc(-c2cc(C(=O)O[C@@H]3Cc4c(O)cc(O)cc4O[C@@H]3c3ccccc3)ccc2OC)c1. The van der Waals surface area contributed by atoms with Crippen LogP contribution in [0.3, 0.4) is 0 Å². The summed E-state index contributed by atoms with van der Waals surface area (Å²) in [5.74, 6) is 0.870. The molecule has 5 rings (SSSR count). The molecule has 0 radical (unpaired) electrons. The summed E-state index contributed by atoms with van der Waals surface area (Å²) >= 11 is 0. The lowest BCUT2D eigenvalue weighted by atomic mass is 9.93. The number of aromatic hydroxyl groups is 2. The molecule has 0 saturated carbocycles. The highest BCUT2D eigenvalue weighted by Crippen LogP contribution is 2.43. The Morgan fingerprint density at radius 1 is 0.892 bits per heavy atom. The lowest BCUT2D eigenvalue weighted by Gasteiger charge is -2.34. The summed E-state index contributed by atoms with van der Waals surface area (Å²) < 4.78 is 23.0. The topological polar surface area (TPSA) is 94.5 Å². The van der Waals surface area contributed by atoms with Gasteiger partial charge in [0.15, 0.2) is 6.10 Å². The van der Waals surface area contributed by atoms with E-state index in [1.165, 1.54) is 12.1 Å². The number of esters is 1. The fourth-order valence-electron chi connectivity index (χ4n) is 4.53. The van der Waals surface area contributed by atoms with Gasteiger partial charge in [-0.05, 0) is 41.5 Å². The summed E-state index contributed by atoms with van der Waals surface area (Å²) in [6.45, 7) is 0. The van der Waals surface area contributed by atoms with Gasteiger partial charge < -0.3 is 29.2 Å². The molecule has 7 nitrogen and oxygen atoms in total. The van der Waals surface area contributed by atoms with E-state index in [1.807, 2.05) is 54.6 Å². The first-order valence-corrected chi connectivity index (χ1v) is 11.8. The number of ether oxygens (including phenoxy) is 4. The van der Waals surface area contributed by atoms with Crippen LogP contribution in [0.5, 0.6) is 28.7 Å². The summed E-state index contributed by atoms with van der Waals surface area (Å²) in [6, 6.07) is 24.7. The number of phenols is 2. The van der Waals surface area contributed by atoms with E-state index in [0.29, 0.717) is 33.9 Å². The second kappa shape index (κ2) is 10.1. The van der Waals surface area contributed by atoms with Gasteiger partial charge in [-0.25, -0.2) is 4.79 Å². The molecule has 0 unspecified atom stereocenters. The predicted molar refractivity (Wildman–Crippen MR) is 137 cm³/mol. The van der Waals surface area contributed by atoms with Gasteiger partial charge in [0.2, 0.25) is 0 Å². The average molecular weight is 499 g/mol. The molecule has 37 heavy (non-hydrogen) atoms. The van der Waals surface area contributed by atoms with Crippen molar-refractivity contribution < 1.29 is 34.0 Å². The van der Waals surface area contributed by atoms with E-state index in [0.717, 1.165) is 11.1 Å². The Morgan fingerprint density at radius 3 is 2.46 bits per heavy atom. The minimum absolute atomic E-state index is 0.109. The molecule has 1 aliphatic rings. The van der Waals surface area contributed by atoms with Crippen LogP contribution in [0.1, 0.15) is 27.6 Å². The average Bonchev–Trinajstić information content (AvgIpc) is 2.93. The van der Waals surface area contributed by atoms with Crippen molar-refractivity contribution in [1.82, 2.24) is 0 Å². The fourth-order valence-corrected chi connectivity index (χ4v) is 4.53. The van der Waals surface area contributed by atoms with E-state index in [1.54, 1.807) is 32.4 Å². The van der Waals surface area contributed by atoms with Crippen molar-refractivity contribution in [3.8, 4) is 39.9 Å². The number of carbonyl (C=O) groups excluding carboxylic acids is 1. The van der Waals surface area contributed by atoms with E-state index < -0.39 is 18.2 Å². The lowest BCUT2D eigenvalue weighted by Crippen LogP contribution is -2.34. The third-order valence-corrected chi connectivity index (χ3v) is 6.37. The highest BCUT2D eigenvalue weighted by Gasteiger charge is 2.36. The van der Waals surface area contributed by atoms with Crippen LogP contribution in [0, 0.1) is 0 Å². The molecular weight excluding hydrogens is 472 g/mol. The smallest absolute Gasteiger partial charge is 0.338 e. The second-order valence-corrected chi connectivity index (χ2v) is 8.69.